The summed E-state index contributed by atoms with van der Waals surface area (Å²) in [5.41, 5.74) is 3.60. The highest BCUT2D eigenvalue weighted by molar-refractivity contribution is 5.79. The van der Waals surface area contributed by atoms with E-state index in [1.54, 1.807) is 13.4 Å². The van der Waals surface area contributed by atoms with Crippen LogP contribution in [0.2, 0.25) is 0 Å². The molecule has 2 N–H and O–H groups in total. The van der Waals surface area contributed by atoms with Gasteiger partial charge >= 0.3 is 0 Å². The fourth-order valence-corrected chi connectivity index (χ4v) is 3.38. The topological polar surface area (TPSA) is 76.4 Å². The predicted octanol–water partition coefficient (Wildman–Crippen LogP) is 3.14. The average Bonchev–Trinajstić information content (AvgIpc) is 3.25. The Balaban J connectivity index is 1.60. The first-order chi connectivity index (χ1) is 15.2. The second-order valence-electron chi connectivity index (χ2n) is 7.36. The summed E-state index contributed by atoms with van der Waals surface area (Å²) in [6.07, 6.45) is 3.49. The third kappa shape index (κ3) is 6.84. The predicted molar refractivity (Wildman–Crippen MR) is 124 cm³/mol. The van der Waals surface area contributed by atoms with E-state index < -0.39 is 0 Å². The third-order valence-electron chi connectivity index (χ3n) is 5.04. The zero-order valence-electron chi connectivity index (χ0n) is 18.6. The van der Waals surface area contributed by atoms with Gasteiger partial charge in [0.1, 0.15) is 17.9 Å². The van der Waals surface area contributed by atoms with E-state index >= 15 is 0 Å². The van der Waals surface area contributed by atoms with Crippen molar-refractivity contribution in [1.29, 1.82) is 0 Å². The van der Waals surface area contributed by atoms with E-state index in [9.17, 15) is 0 Å². The van der Waals surface area contributed by atoms with Crippen LogP contribution in [-0.2, 0) is 25.9 Å². The van der Waals surface area contributed by atoms with E-state index in [1.165, 1.54) is 16.7 Å². The maximum absolute atomic E-state index is 5.50. The minimum atomic E-state index is 0.622. The van der Waals surface area contributed by atoms with Crippen LogP contribution in [-0.4, -0.2) is 40.9 Å². The molecule has 1 heterocycles. The summed E-state index contributed by atoms with van der Waals surface area (Å²) in [5.74, 6) is 2.70. The van der Waals surface area contributed by atoms with E-state index in [1.807, 2.05) is 24.3 Å². The minimum absolute atomic E-state index is 0.622. The molecule has 0 aliphatic carbocycles. The molecule has 0 bridgehead atoms. The zero-order chi connectivity index (χ0) is 21.9. The lowest BCUT2D eigenvalue weighted by Gasteiger charge is -2.15. The molecule has 164 valence electrons. The number of nitrogens with zero attached hydrogens (tertiary/aromatic N) is 4. The van der Waals surface area contributed by atoms with Crippen molar-refractivity contribution in [3.8, 4) is 5.75 Å². The Morgan fingerprint density at radius 2 is 1.90 bits per heavy atom. The van der Waals surface area contributed by atoms with Crippen LogP contribution in [0.3, 0.4) is 0 Å². The molecule has 0 atom stereocenters. The molecule has 7 nitrogen and oxygen atoms in total. The van der Waals surface area contributed by atoms with Crippen molar-refractivity contribution in [2.24, 2.45) is 4.99 Å². The molecule has 0 saturated carbocycles. The molecule has 0 saturated heterocycles. The number of aliphatic imine (C=N–C) groups is 1. The molecule has 0 fully saturated rings. The fourth-order valence-electron chi connectivity index (χ4n) is 3.38. The van der Waals surface area contributed by atoms with Crippen molar-refractivity contribution >= 4 is 5.96 Å². The molecule has 31 heavy (non-hydrogen) atoms. The van der Waals surface area contributed by atoms with Crippen LogP contribution in [0.25, 0.3) is 0 Å². The molecular weight excluding hydrogens is 388 g/mol. The number of aryl methyl sites for hydroxylation is 2. The first-order valence-electron chi connectivity index (χ1n) is 10.8. The smallest absolute Gasteiger partial charge is 0.191 e. The molecule has 0 spiro atoms. The van der Waals surface area contributed by atoms with Crippen LogP contribution in [0, 0.1) is 6.92 Å². The summed E-state index contributed by atoms with van der Waals surface area (Å²) in [6, 6.07) is 16.5. The van der Waals surface area contributed by atoms with Gasteiger partial charge in [0.25, 0.3) is 0 Å². The maximum atomic E-state index is 5.50. The Kier molecular flexibility index (Phi) is 8.46. The van der Waals surface area contributed by atoms with E-state index in [0.717, 1.165) is 50.0 Å². The number of nitrogens with one attached hydrogen (secondary N) is 2. The summed E-state index contributed by atoms with van der Waals surface area (Å²) in [4.78, 5) is 4.77. The highest BCUT2D eigenvalue weighted by Crippen LogP contribution is 2.19. The zero-order valence-corrected chi connectivity index (χ0v) is 18.6. The van der Waals surface area contributed by atoms with Gasteiger partial charge in [-0.2, -0.15) is 0 Å². The lowest BCUT2D eigenvalue weighted by atomic mass is 10.1. The number of ether oxygens (including phenoxy) is 1. The number of methoxy groups -OCH3 is 1. The standard InChI is InChI=1S/C24H32N6O/c1-4-23-29-28-18-30(23)15-14-26-24(27-17-20-8-6-5-7-9-20)25-13-12-21-16-19(2)10-11-22(21)31-3/h5-11,16,18H,4,12-15,17H2,1-3H3,(H2,25,26,27). The van der Waals surface area contributed by atoms with Crippen LogP contribution in [0.4, 0.5) is 0 Å². The molecule has 1 aromatic heterocycles. The Bertz CT molecular complexity index is 967. The second kappa shape index (κ2) is 11.7. The molecule has 0 radical (unpaired) electrons. The maximum Gasteiger partial charge on any atom is 0.191 e. The van der Waals surface area contributed by atoms with Crippen LogP contribution in [0.15, 0.2) is 59.9 Å². The van der Waals surface area contributed by atoms with Gasteiger partial charge in [-0.05, 0) is 30.5 Å². The van der Waals surface area contributed by atoms with Gasteiger partial charge < -0.3 is 19.9 Å². The van der Waals surface area contributed by atoms with Gasteiger partial charge in [-0.15, -0.1) is 10.2 Å². The second-order valence-corrected chi connectivity index (χ2v) is 7.36. The number of hydrogen-bond acceptors (Lipinski definition) is 4. The highest BCUT2D eigenvalue weighted by atomic mass is 16.5. The van der Waals surface area contributed by atoms with E-state index in [-0.39, 0.29) is 0 Å². The summed E-state index contributed by atoms with van der Waals surface area (Å²) >= 11 is 0. The SMILES string of the molecule is CCc1nncn1CCNC(=NCc1ccccc1)NCCc1cc(C)ccc1OC. The average molecular weight is 421 g/mol. The van der Waals surface area contributed by atoms with Gasteiger partial charge in [-0.1, -0.05) is 55.0 Å². The number of hydrogen-bond donors (Lipinski definition) is 2. The van der Waals surface area contributed by atoms with E-state index in [4.69, 9.17) is 9.73 Å². The minimum Gasteiger partial charge on any atom is -0.496 e. The Morgan fingerprint density at radius 3 is 2.68 bits per heavy atom. The Morgan fingerprint density at radius 1 is 1.10 bits per heavy atom. The van der Waals surface area contributed by atoms with Gasteiger partial charge in [-0.3, -0.25) is 0 Å². The van der Waals surface area contributed by atoms with Crippen LogP contribution in [0.5, 0.6) is 5.75 Å². The van der Waals surface area contributed by atoms with Crippen molar-refractivity contribution in [2.45, 2.75) is 39.8 Å². The van der Waals surface area contributed by atoms with Crippen LogP contribution < -0.4 is 15.4 Å². The van der Waals surface area contributed by atoms with Crippen LogP contribution in [0.1, 0.15) is 29.4 Å². The van der Waals surface area contributed by atoms with Crippen molar-refractivity contribution in [1.82, 2.24) is 25.4 Å². The number of rotatable bonds is 10. The normalized spacial score (nSPS) is 11.4. The molecule has 0 unspecified atom stereocenters. The summed E-state index contributed by atoms with van der Waals surface area (Å²) in [6.45, 7) is 7.08. The lowest BCUT2D eigenvalue weighted by molar-refractivity contribution is 0.409. The first kappa shape index (κ1) is 22.3. The fraction of sp³-hybridized carbons (Fsp3) is 0.375. The van der Waals surface area contributed by atoms with Crippen LogP contribution >= 0.6 is 0 Å². The summed E-state index contributed by atoms with van der Waals surface area (Å²) < 4.78 is 7.57. The number of guanidine groups is 1. The van der Waals surface area contributed by atoms with Gasteiger partial charge in [0, 0.05) is 26.1 Å². The lowest BCUT2D eigenvalue weighted by Crippen LogP contribution is -2.40. The van der Waals surface area contributed by atoms with E-state index in [2.05, 4.69) is 63.5 Å². The quantitative estimate of drug-likeness (QED) is 0.389. The number of aromatic nitrogens is 3. The summed E-state index contributed by atoms with van der Waals surface area (Å²) in [5, 5.41) is 15.0. The Hall–Kier alpha value is -3.35. The molecule has 7 heteroatoms. The third-order valence-corrected chi connectivity index (χ3v) is 5.04. The molecule has 0 aliphatic heterocycles. The first-order valence-corrected chi connectivity index (χ1v) is 10.8. The number of benzene rings is 2. The monoisotopic (exact) mass is 420 g/mol. The van der Waals surface area contributed by atoms with Gasteiger partial charge in [-0.25, -0.2) is 4.99 Å². The molecular formula is C24H32N6O. The van der Waals surface area contributed by atoms with Gasteiger partial charge in [0.2, 0.25) is 0 Å². The van der Waals surface area contributed by atoms with Gasteiger partial charge in [0.05, 0.1) is 13.7 Å². The Labute approximate surface area is 184 Å². The molecule has 2 aromatic carbocycles. The van der Waals surface area contributed by atoms with Crippen molar-refractivity contribution in [3.05, 3.63) is 77.4 Å². The largest absolute Gasteiger partial charge is 0.496 e. The molecule has 0 aliphatic rings. The molecule has 3 rings (SSSR count). The summed E-state index contributed by atoms with van der Waals surface area (Å²) in [7, 11) is 1.71. The van der Waals surface area contributed by atoms with E-state index in [0.29, 0.717) is 6.54 Å². The van der Waals surface area contributed by atoms with Crippen molar-refractivity contribution in [3.63, 3.8) is 0 Å². The van der Waals surface area contributed by atoms with Crippen molar-refractivity contribution < 1.29 is 4.74 Å². The molecule has 3 aromatic rings. The molecule has 0 amide bonds. The highest BCUT2D eigenvalue weighted by Gasteiger charge is 2.06. The van der Waals surface area contributed by atoms with Gasteiger partial charge in [0.15, 0.2) is 5.96 Å². The van der Waals surface area contributed by atoms with Crippen molar-refractivity contribution in [2.75, 3.05) is 20.2 Å².